The summed E-state index contributed by atoms with van der Waals surface area (Å²) < 4.78 is 10.3. The van der Waals surface area contributed by atoms with Crippen LogP contribution in [-0.4, -0.2) is 37.9 Å². The third kappa shape index (κ3) is 3.17. The maximum Gasteiger partial charge on any atom is 0.255 e. The van der Waals surface area contributed by atoms with Gasteiger partial charge < -0.3 is 19.9 Å². The number of carbonyl (C=O) groups is 1. The molecule has 0 unspecified atom stereocenters. The summed E-state index contributed by atoms with van der Waals surface area (Å²) in [5.74, 6) is 1.32. The van der Waals surface area contributed by atoms with Gasteiger partial charge in [-0.25, -0.2) is 0 Å². The number of aliphatic hydroxyl groups is 1. The van der Waals surface area contributed by atoms with E-state index in [0.29, 0.717) is 29.5 Å². The van der Waals surface area contributed by atoms with Crippen LogP contribution in [0.15, 0.2) is 18.2 Å². The number of amides is 1. The number of rotatable bonds is 5. The molecule has 2 N–H and O–H groups in total. The van der Waals surface area contributed by atoms with Crippen molar-refractivity contribution in [2.45, 2.75) is 18.9 Å². The van der Waals surface area contributed by atoms with E-state index in [0.717, 1.165) is 12.8 Å². The molecule has 0 aliphatic heterocycles. The van der Waals surface area contributed by atoms with Crippen LogP contribution < -0.4 is 14.8 Å². The Hall–Kier alpha value is -1.75. The maximum absolute atomic E-state index is 12.1. The van der Waals surface area contributed by atoms with E-state index < -0.39 is 0 Å². The van der Waals surface area contributed by atoms with Gasteiger partial charge in [0.15, 0.2) is 0 Å². The van der Waals surface area contributed by atoms with Gasteiger partial charge >= 0.3 is 0 Å². The average molecular weight is 265 g/mol. The van der Waals surface area contributed by atoms with E-state index in [4.69, 9.17) is 9.47 Å². The molecule has 1 fully saturated rings. The van der Waals surface area contributed by atoms with Gasteiger partial charge in [-0.2, -0.15) is 0 Å². The maximum atomic E-state index is 12.1. The second kappa shape index (κ2) is 5.93. The molecule has 5 heteroatoms. The van der Waals surface area contributed by atoms with E-state index in [1.54, 1.807) is 25.3 Å². The molecule has 0 aromatic heterocycles. The van der Waals surface area contributed by atoms with Crippen LogP contribution in [0.3, 0.4) is 0 Å². The molecular formula is C14H19NO4. The molecule has 0 atom stereocenters. The molecule has 1 amide bonds. The molecule has 1 aromatic carbocycles. The smallest absolute Gasteiger partial charge is 0.255 e. The molecule has 1 aliphatic rings. The van der Waals surface area contributed by atoms with Crippen LogP contribution in [0.2, 0.25) is 0 Å². The highest BCUT2D eigenvalue weighted by molar-refractivity contribution is 5.97. The zero-order chi connectivity index (χ0) is 13.8. The summed E-state index contributed by atoms with van der Waals surface area (Å²) in [5.41, 5.74) is 0.460. The first-order chi connectivity index (χ1) is 9.13. The highest BCUT2D eigenvalue weighted by Crippen LogP contribution is 2.27. The van der Waals surface area contributed by atoms with Gasteiger partial charge in [-0.1, -0.05) is 0 Å². The van der Waals surface area contributed by atoms with Crippen molar-refractivity contribution in [3.8, 4) is 11.5 Å². The fraction of sp³-hybridized carbons (Fsp3) is 0.500. The molecule has 1 aliphatic carbocycles. The SMILES string of the molecule is COc1ccc(OC)c(C(=O)NCC2CC(O)C2)c1. The number of ether oxygens (including phenoxy) is 2. The minimum absolute atomic E-state index is 0.183. The highest BCUT2D eigenvalue weighted by atomic mass is 16.5. The van der Waals surface area contributed by atoms with E-state index in [9.17, 15) is 9.90 Å². The van der Waals surface area contributed by atoms with Crippen molar-refractivity contribution in [3.05, 3.63) is 23.8 Å². The van der Waals surface area contributed by atoms with Gasteiger partial charge in [0.1, 0.15) is 11.5 Å². The molecule has 0 radical (unpaired) electrons. The normalized spacial score (nSPS) is 21.4. The quantitative estimate of drug-likeness (QED) is 0.839. The van der Waals surface area contributed by atoms with Crippen molar-refractivity contribution in [2.24, 2.45) is 5.92 Å². The molecule has 19 heavy (non-hydrogen) atoms. The first-order valence-corrected chi connectivity index (χ1v) is 6.32. The second-order valence-electron chi connectivity index (χ2n) is 4.77. The van der Waals surface area contributed by atoms with Crippen LogP contribution in [0.25, 0.3) is 0 Å². The number of nitrogens with one attached hydrogen (secondary N) is 1. The van der Waals surface area contributed by atoms with Crippen molar-refractivity contribution in [1.29, 1.82) is 0 Å². The molecule has 2 rings (SSSR count). The largest absolute Gasteiger partial charge is 0.497 e. The molecule has 0 heterocycles. The fourth-order valence-electron chi connectivity index (χ4n) is 2.19. The summed E-state index contributed by atoms with van der Waals surface area (Å²) in [6.07, 6.45) is 1.32. The summed E-state index contributed by atoms with van der Waals surface area (Å²) >= 11 is 0. The Bertz CT molecular complexity index is 455. The van der Waals surface area contributed by atoms with Crippen molar-refractivity contribution < 1.29 is 19.4 Å². The van der Waals surface area contributed by atoms with Crippen LogP contribution in [0.4, 0.5) is 0 Å². The summed E-state index contributed by atoms with van der Waals surface area (Å²) in [4.78, 5) is 12.1. The minimum atomic E-state index is -0.201. The van der Waals surface area contributed by atoms with Gasteiger partial charge in [0.05, 0.1) is 25.9 Å². The van der Waals surface area contributed by atoms with E-state index in [1.807, 2.05) is 0 Å². The van der Waals surface area contributed by atoms with Crippen LogP contribution >= 0.6 is 0 Å². The number of benzene rings is 1. The van der Waals surface area contributed by atoms with Gasteiger partial charge in [0.25, 0.3) is 5.91 Å². The zero-order valence-corrected chi connectivity index (χ0v) is 11.2. The van der Waals surface area contributed by atoms with Gasteiger partial charge in [-0.15, -0.1) is 0 Å². The lowest BCUT2D eigenvalue weighted by Crippen LogP contribution is -2.38. The van der Waals surface area contributed by atoms with Gasteiger partial charge in [-0.05, 0) is 37.0 Å². The van der Waals surface area contributed by atoms with Crippen molar-refractivity contribution in [1.82, 2.24) is 5.32 Å². The van der Waals surface area contributed by atoms with Crippen LogP contribution in [0.5, 0.6) is 11.5 Å². The molecule has 0 saturated heterocycles. The Labute approximate surface area is 112 Å². The summed E-state index contributed by atoms with van der Waals surface area (Å²) in [5, 5.41) is 12.1. The Morgan fingerprint density at radius 3 is 2.68 bits per heavy atom. The number of hydrogen-bond donors (Lipinski definition) is 2. The number of hydrogen-bond acceptors (Lipinski definition) is 4. The molecule has 0 bridgehead atoms. The van der Waals surface area contributed by atoms with E-state index in [1.165, 1.54) is 7.11 Å². The predicted molar refractivity (Wildman–Crippen MR) is 70.6 cm³/mol. The molecule has 5 nitrogen and oxygen atoms in total. The first-order valence-electron chi connectivity index (χ1n) is 6.32. The van der Waals surface area contributed by atoms with Gasteiger partial charge in [0.2, 0.25) is 0 Å². The second-order valence-corrected chi connectivity index (χ2v) is 4.77. The van der Waals surface area contributed by atoms with Crippen LogP contribution in [-0.2, 0) is 0 Å². The van der Waals surface area contributed by atoms with E-state index in [-0.39, 0.29) is 12.0 Å². The summed E-state index contributed by atoms with van der Waals surface area (Å²) in [6.45, 7) is 0.580. The molecule has 1 aromatic rings. The van der Waals surface area contributed by atoms with E-state index in [2.05, 4.69) is 5.32 Å². The Morgan fingerprint density at radius 1 is 1.37 bits per heavy atom. The molecule has 1 saturated carbocycles. The van der Waals surface area contributed by atoms with Crippen molar-refractivity contribution >= 4 is 5.91 Å². The Morgan fingerprint density at radius 2 is 2.11 bits per heavy atom. The monoisotopic (exact) mass is 265 g/mol. The zero-order valence-electron chi connectivity index (χ0n) is 11.2. The van der Waals surface area contributed by atoms with Crippen molar-refractivity contribution in [3.63, 3.8) is 0 Å². The number of methoxy groups -OCH3 is 2. The summed E-state index contributed by atoms with van der Waals surface area (Å²) in [7, 11) is 3.08. The third-order valence-corrected chi connectivity index (χ3v) is 3.41. The lowest BCUT2D eigenvalue weighted by atomic mass is 9.82. The lowest BCUT2D eigenvalue weighted by Gasteiger charge is -2.31. The van der Waals surface area contributed by atoms with Crippen molar-refractivity contribution in [2.75, 3.05) is 20.8 Å². The van der Waals surface area contributed by atoms with Crippen LogP contribution in [0, 0.1) is 5.92 Å². The molecular weight excluding hydrogens is 246 g/mol. The van der Waals surface area contributed by atoms with Gasteiger partial charge in [0, 0.05) is 6.54 Å². The number of carbonyl (C=O) groups excluding carboxylic acids is 1. The lowest BCUT2D eigenvalue weighted by molar-refractivity contribution is 0.0420. The van der Waals surface area contributed by atoms with Crippen LogP contribution in [0.1, 0.15) is 23.2 Å². The number of aliphatic hydroxyl groups excluding tert-OH is 1. The average Bonchev–Trinajstić information content (AvgIpc) is 2.41. The topological polar surface area (TPSA) is 67.8 Å². The third-order valence-electron chi connectivity index (χ3n) is 3.41. The predicted octanol–water partition coefficient (Wildman–Crippen LogP) is 1.20. The Balaban J connectivity index is 2.00. The minimum Gasteiger partial charge on any atom is -0.497 e. The highest BCUT2D eigenvalue weighted by Gasteiger charge is 2.27. The molecule has 104 valence electrons. The summed E-state index contributed by atoms with van der Waals surface area (Å²) in [6, 6.07) is 5.11. The first kappa shape index (κ1) is 13.7. The fourth-order valence-corrected chi connectivity index (χ4v) is 2.19. The molecule has 0 spiro atoms. The van der Waals surface area contributed by atoms with E-state index >= 15 is 0 Å². The Kier molecular flexibility index (Phi) is 4.27. The van der Waals surface area contributed by atoms with Gasteiger partial charge in [-0.3, -0.25) is 4.79 Å². The standard InChI is InChI=1S/C14H19NO4/c1-18-11-3-4-13(19-2)12(7-11)14(17)15-8-9-5-10(16)6-9/h3-4,7,9-10,16H,5-6,8H2,1-2H3,(H,15,17).